The van der Waals surface area contributed by atoms with Crippen molar-refractivity contribution in [2.45, 2.75) is 98.4 Å². The number of carbonyl (C=O) groups is 1. The molecule has 1 atom stereocenters. The highest BCUT2D eigenvalue weighted by atomic mass is 28.4. The van der Waals surface area contributed by atoms with Gasteiger partial charge < -0.3 is 4.43 Å². The van der Waals surface area contributed by atoms with Crippen molar-refractivity contribution in [2.24, 2.45) is 0 Å². The zero-order chi connectivity index (χ0) is 19.8. The molecule has 0 aliphatic carbocycles. The lowest BCUT2D eigenvalue weighted by Gasteiger charge is -2.39. The maximum atomic E-state index is 11.1. The van der Waals surface area contributed by atoms with Gasteiger partial charge in [0.05, 0.1) is 6.10 Å². The van der Waals surface area contributed by atoms with Crippen LogP contribution in [0.4, 0.5) is 0 Å². The monoisotopic (exact) mass is 364 g/mol. The molecule has 1 unspecified atom stereocenters. The first-order valence-corrected chi connectivity index (χ1v) is 12.3. The van der Waals surface area contributed by atoms with Crippen LogP contribution in [0.1, 0.15) is 74.1 Å². The molecule has 0 radical (unpaired) electrons. The summed E-state index contributed by atoms with van der Waals surface area (Å²) in [5, 5.41) is 0.214. The van der Waals surface area contributed by atoms with E-state index in [4.69, 9.17) is 4.43 Å². The molecular weight excluding hydrogens is 324 g/mol. The Morgan fingerprint density at radius 3 is 2.08 bits per heavy atom. The minimum atomic E-state index is -1.78. The van der Waals surface area contributed by atoms with Gasteiger partial charge >= 0.3 is 0 Å². The van der Waals surface area contributed by atoms with Gasteiger partial charge in [-0.15, -0.1) is 0 Å². The zero-order valence-electron chi connectivity index (χ0n) is 18.1. The summed E-state index contributed by atoms with van der Waals surface area (Å²) in [7, 11) is -1.78. The first-order chi connectivity index (χ1) is 11.3. The molecule has 0 N–H and O–H groups in total. The van der Waals surface area contributed by atoms with Crippen LogP contribution in [0, 0.1) is 0 Å². The summed E-state index contributed by atoms with van der Waals surface area (Å²) < 4.78 is 6.57. The second-order valence-corrected chi connectivity index (χ2v) is 13.7. The topological polar surface area (TPSA) is 26.3 Å². The molecule has 3 heteroatoms. The fourth-order valence-corrected chi connectivity index (χ4v) is 3.75. The first kappa shape index (κ1) is 24.1. The van der Waals surface area contributed by atoms with Gasteiger partial charge in [-0.05, 0) is 77.6 Å². The third kappa shape index (κ3) is 9.96. The maximum absolute atomic E-state index is 11.1. The number of allylic oxidation sites excluding steroid dienone is 4. The van der Waals surface area contributed by atoms with E-state index < -0.39 is 8.32 Å². The van der Waals surface area contributed by atoms with Gasteiger partial charge in [-0.1, -0.05) is 50.1 Å². The number of ketones is 1. The molecule has 0 rings (SSSR count). The molecule has 0 heterocycles. The van der Waals surface area contributed by atoms with E-state index in [1.54, 1.807) is 13.0 Å². The van der Waals surface area contributed by atoms with E-state index >= 15 is 0 Å². The quantitative estimate of drug-likeness (QED) is 0.237. The van der Waals surface area contributed by atoms with Crippen LogP contribution in [-0.2, 0) is 9.22 Å². The van der Waals surface area contributed by atoms with E-state index in [1.165, 1.54) is 5.57 Å². The fraction of sp³-hybridized carbons (Fsp3) is 0.682. The Morgan fingerprint density at radius 1 is 1.08 bits per heavy atom. The smallest absolute Gasteiger partial charge is 0.192 e. The fourth-order valence-electron chi connectivity index (χ4n) is 2.36. The highest BCUT2D eigenvalue weighted by Gasteiger charge is 2.39. The van der Waals surface area contributed by atoms with Crippen molar-refractivity contribution in [3.8, 4) is 0 Å². The summed E-state index contributed by atoms with van der Waals surface area (Å²) in [6, 6.07) is 0. The standard InChI is InChI=1S/C22H40O2Si/c1-17(2)21(24-25(9,10)22(6,7)8)15-14-18(3)12-11-13-19(4)16-20(5)23/h12,16,21H,1,11,13-15H2,2-10H3/b18-12+,19-16+. The lowest BCUT2D eigenvalue weighted by Crippen LogP contribution is -2.44. The third-order valence-corrected chi connectivity index (χ3v) is 9.56. The molecule has 2 nitrogen and oxygen atoms in total. The van der Waals surface area contributed by atoms with Crippen LogP contribution in [0.5, 0.6) is 0 Å². The summed E-state index contributed by atoms with van der Waals surface area (Å²) >= 11 is 0. The normalized spacial score (nSPS) is 15.2. The Bertz CT molecular complexity index is 519. The Kier molecular flexibility index (Phi) is 9.89. The summed E-state index contributed by atoms with van der Waals surface area (Å²) in [5.74, 6) is 0.130. The van der Waals surface area contributed by atoms with Crippen molar-refractivity contribution < 1.29 is 9.22 Å². The Labute approximate surface area is 157 Å². The molecule has 144 valence electrons. The Balaban J connectivity index is 4.64. The van der Waals surface area contributed by atoms with E-state index in [0.29, 0.717) is 0 Å². The van der Waals surface area contributed by atoms with E-state index in [2.05, 4.69) is 60.4 Å². The van der Waals surface area contributed by atoms with Gasteiger partial charge in [-0.25, -0.2) is 0 Å². The molecule has 0 aromatic heterocycles. The highest BCUT2D eigenvalue weighted by molar-refractivity contribution is 6.74. The van der Waals surface area contributed by atoms with Gasteiger partial charge in [0.25, 0.3) is 0 Å². The Hall–Kier alpha value is -0.933. The van der Waals surface area contributed by atoms with Gasteiger partial charge in [0, 0.05) is 0 Å². The first-order valence-electron chi connectivity index (χ1n) is 9.43. The van der Waals surface area contributed by atoms with E-state index in [-0.39, 0.29) is 16.9 Å². The molecule has 0 bridgehead atoms. The van der Waals surface area contributed by atoms with Gasteiger partial charge in [-0.2, -0.15) is 0 Å². The van der Waals surface area contributed by atoms with Crippen LogP contribution >= 0.6 is 0 Å². The average molecular weight is 365 g/mol. The molecule has 0 saturated heterocycles. The second kappa shape index (κ2) is 10.3. The van der Waals surface area contributed by atoms with Crippen LogP contribution in [0.15, 0.2) is 35.5 Å². The SMILES string of the molecule is C=C(C)C(CC/C(C)=C/CC/C(C)=C/C(C)=O)O[Si](C)(C)C(C)(C)C. The minimum Gasteiger partial charge on any atom is -0.410 e. The molecule has 0 amide bonds. The van der Waals surface area contributed by atoms with Crippen LogP contribution < -0.4 is 0 Å². The summed E-state index contributed by atoms with van der Waals surface area (Å²) in [5.41, 5.74) is 3.66. The minimum absolute atomic E-state index is 0.130. The van der Waals surface area contributed by atoms with E-state index in [9.17, 15) is 4.79 Å². The van der Waals surface area contributed by atoms with Crippen LogP contribution in [0.25, 0.3) is 0 Å². The highest BCUT2D eigenvalue weighted by Crippen LogP contribution is 2.38. The molecule has 25 heavy (non-hydrogen) atoms. The number of carbonyl (C=O) groups excluding carboxylic acids is 1. The number of hydrogen-bond acceptors (Lipinski definition) is 2. The number of hydrogen-bond donors (Lipinski definition) is 0. The maximum Gasteiger partial charge on any atom is 0.192 e. The molecule has 0 spiro atoms. The van der Waals surface area contributed by atoms with Crippen molar-refractivity contribution in [1.29, 1.82) is 0 Å². The van der Waals surface area contributed by atoms with Gasteiger partial charge in [0.1, 0.15) is 0 Å². The van der Waals surface area contributed by atoms with Gasteiger partial charge in [0.2, 0.25) is 0 Å². The van der Waals surface area contributed by atoms with Crippen LogP contribution in [0.2, 0.25) is 18.1 Å². The van der Waals surface area contributed by atoms with Crippen molar-refractivity contribution in [3.05, 3.63) is 35.5 Å². The van der Waals surface area contributed by atoms with Crippen molar-refractivity contribution in [1.82, 2.24) is 0 Å². The molecule has 0 saturated carbocycles. The predicted octanol–water partition coefficient (Wildman–Crippen LogP) is 6.99. The largest absolute Gasteiger partial charge is 0.410 e. The Morgan fingerprint density at radius 2 is 1.64 bits per heavy atom. The van der Waals surface area contributed by atoms with Gasteiger partial charge in [-0.3, -0.25) is 4.79 Å². The predicted molar refractivity (Wildman–Crippen MR) is 114 cm³/mol. The molecule has 0 aliphatic rings. The summed E-state index contributed by atoms with van der Waals surface area (Å²) in [6.07, 6.45) is 8.12. The lowest BCUT2D eigenvalue weighted by atomic mass is 10.0. The van der Waals surface area contributed by atoms with Crippen molar-refractivity contribution >= 4 is 14.1 Å². The molecule has 0 aromatic carbocycles. The average Bonchev–Trinajstić information content (AvgIpc) is 2.40. The van der Waals surface area contributed by atoms with Crippen molar-refractivity contribution in [2.75, 3.05) is 0 Å². The van der Waals surface area contributed by atoms with Crippen molar-refractivity contribution in [3.63, 3.8) is 0 Å². The summed E-state index contributed by atoms with van der Waals surface area (Å²) in [6.45, 7) is 23.5. The van der Waals surface area contributed by atoms with Crippen LogP contribution in [0.3, 0.4) is 0 Å². The second-order valence-electron chi connectivity index (χ2n) is 8.94. The third-order valence-electron chi connectivity index (χ3n) is 5.07. The van der Waals surface area contributed by atoms with Crippen LogP contribution in [-0.4, -0.2) is 20.2 Å². The lowest BCUT2D eigenvalue weighted by molar-refractivity contribution is -0.112. The van der Waals surface area contributed by atoms with Gasteiger partial charge in [0.15, 0.2) is 14.1 Å². The number of rotatable bonds is 10. The molecule has 0 aliphatic heterocycles. The molecular formula is C22H40O2Si. The molecule has 0 fully saturated rings. The van der Waals surface area contributed by atoms with E-state index in [1.807, 2.05) is 6.92 Å². The molecule has 0 aromatic rings. The summed E-state index contributed by atoms with van der Waals surface area (Å²) in [4.78, 5) is 11.1. The van der Waals surface area contributed by atoms with E-state index in [0.717, 1.165) is 36.8 Å². The zero-order valence-corrected chi connectivity index (χ0v) is 19.1.